The maximum absolute atomic E-state index is 10.9. The molecule has 0 aliphatic heterocycles. The largest absolute Gasteiger partial charge is 0.385 e. The molecule has 0 heterocycles. The van der Waals surface area contributed by atoms with E-state index in [2.05, 4.69) is 28.6 Å². The van der Waals surface area contributed by atoms with Crippen molar-refractivity contribution >= 4 is 0 Å². The fourth-order valence-electron chi connectivity index (χ4n) is 2.63. The number of hydrogen-bond donors (Lipinski definition) is 1. The maximum atomic E-state index is 10.9. The van der Waals surface area contributed by atoms with Crippen LogP contribution in [0.25, 0.3) is 10.4 Å². The molecule has 20 heavy (non-hydrogen) atoms. The fourth-order valence-corrected chi connectivity index (χ4v) is 2.63. The summed E-state index contributed by atoms with van der Waals surface area (Å²) < 4.78 is 0. The summed E-state index contributed by atoms with van der Waals surface area (Å²) in [6.45, 7) is 6.05. The van der Waals surface area contributed by atoms with Gasteiger partial charge in [-0.2, -0.15) is 0 Å². The Labute approximate surface area is 121 Å². The Morgan fingerprint density at radius 1 is 1.75 bits per heavy atom. The number of allylic oxidation sites excluding steroid dienone is 1. The lowest BCUT2D eigenvalue weighted by atomic mass is 9.76. The minimum Gasteiger partial charge on any atom is -0.385 e. The Morgan fingerprint density at radius 3 is 3.10 bits per heavy atom. The van der Waals surface area contributed by atoms with Crippen LogP contribution in [0.1, 0.15) is 51.9 Å². The monoisotopic (exact) mass is 273 g/mol. The number of terminal acetylenes is 1. The van der Waals surface area contributed by atoms with E-state index < -0.39 is 11.6 Å². The number of azide groups is 1. The molecule has 2 unspecified atom stereocenters. The van der Waals surface area contributed by atoms with Crippen molar-refractivity contribution in [1.29, 1.82) is 0 Å². The molecule has 4 heteroatoms. The summed E-state index contributed by atoms with van der Waals surface area (Å²) in [6.07, 6.45) is 12.9. The van der Waals surface area contributed by atoms with Crippen LogP contribution in [0.15, 0.2) is 28.9 Å². The van der Waals surface area contributed by atoms with E-state index >= 15 is 0 Å². The van der Waals surface area contributed by atoms with Gasteiger partial charge < -0.3 is 5.11 Å². The van der Waals surface area contributed by atoms with E-state index in [1.54, 1.807) is 0 Å². The van der Waals surface area contributed by atoms with Gasteiger partial charge in [0.05, 0.1) is 11.6 Å². The molecule has 0 amide bonds. The number of nitrogens with zero attached hydrogens (tertiary/aromatic N) is 3. The van der Waals surface area contributed by atoms with Gasteiger partial charge in [0, 0.05) is 11.3 Å². The van der Waals surface area contributed by atoms with E-state index in [1.807, 2.05) is 6.92 Å². The fraction of sp³-hybridized carbons (Fsp3) is 0.625. The van der Waals surface area contributed by atoms with Crippen LogP contribution in [0.2, 0.25) is 0 Å². The molecule has 0 radical (unpaired) electrons. The van der Waals surface area contributed by atoms with Gasteiger partial charge in [0.15, 0.2) is 0 Å². The molecule has 0 fully saturated rings. The number of rotatable bonds is 7. The van der Waals surface area contributed by atoms with Gasteiger partial charge in [0.2, 0.25) is 0 Å². The average Bonchev–Trinajstić information content (AvgIpc) is 2.44. The average molecular weight is 273 g/mol. The van der Waals surface area contributed by atoms with Crippen molar-refractivity contribution in [3.63, 3.8) is 0 Å². The van der Waals surface area contributed by atoms with Gasteiger partial charge >= 0.3 is 0 Å². The van der Waals surface area contributed by atoms with E-state index in [9.17, 15) is 5.11 Å². The van der Waals surface area contributed by atoms with Gasteiger partial charge in [-0.05, 0) is 49.6 Å². The molecule has 1 aliphatic carbocycles. The Hall–Kier alpha value is -1.69. The molecule has 0 bridgehead atoms. The molecule has 4 nitrogen and oxygen atoms in total. The summed E-state index contributed by atoms with van der Waals surface area (Å²) in [5.41, 5.74) is 9.73. The minimum atomic E-state index is -0.791. The molecular formula is C16H23N3O. The van der Waals surface area contributed by atoms with Crippen LogP contribution in [0.4, 0.5) is 0 Å². The van der Waals surface area contributed by atoms with Gasteiger partial charge in [-0.15, -0.1) is 6.42 Å². The second-order valence-corrected chi connectivity index (χ2v) is 5.36. The van der Waals surface area contributed by atoms with Crippen molar-refractivity contribution in [2.24, 2.45) is 5.11 Å². The first-order chi connectivity index (χ1) is 9.55. The highest BCUT2D eigenvalue weighted by atomic mass is 16.3. The Bertz CT molecular complexity index is 469. The van der Waals surface area contributed by atoms with Gasteiger partial charge in [-0.3, -0.25) is 0 Å². The first-order valence-electron chi connectivity index (χ1n) is 7.14. The van der Waals surface area contributed by atoms with Crippen LogP contribution in [0, 0.1) is 12.3 Å². The van der Waals surface area contributed by atoms with Crippen LogP contribution < -0.4 is 0 Å². The molecule has 108 valence electrons. The van der Waals surface area contributed by atoms with Crippen LogP contribution in [0.3, 0.4) is 0 Å². The van der Waals surface area contributed by atoms with Crippen molar-refractivity contribution in [3.8, 4) is 12.3 Å². The van der Waals surface area contributed by atoms with Crippen molar-refractivity contribution in [2.75, 3.05) is 0 Å². The third-order valence-electron chi connectivity index (χ3n) is 3.90. The Morgan fingerprint density at radius 2 is 2.50 bits per heavy atom. The second-order valence-electron chi connectivity index (χ2n) is 5.36. The SMILES string of the molecule is C#CC(CCC1=CCCCC1(O)CC(=C)CC)N=[N+]=[N-]. The summed E-state index contributed by atoms with van der Waals surface area (Å²) in [5.74, 6) is 2.48. The van der Waals surface area contributed by atoms with Crippen molar-refractivity contribution in [2.45, 2.75) is 63.5 Å². The molecule has 1 N–H and O–H groups in total. The highest BCUT2D eigenvalue weighted by Gasteiger charge is 2.33. The maximum Gasteiger partial charge on any atom is 0.0988 e. The normalized spacial score (nSPS) is 23.1. The van der Waals surface area contributed by atoms with Crippen molar-refractivity contribution in [1.82, 2.24) is 0 Å². The molecule has 0 saturated heterocycles. The predicted molar refractivity (Wildman–Crippen MR) is 81.9 cm³/mol. The zero-order chi connectivity index (χ0) is 15.0. The third-order valence-corrected chi connectivity index (χ3v) is 3.90. The lowest BCUT2D eigenvalue weighted by molar-refractivity contribution is 0.0575. The summed E-state index contributed by atoms with van der Waals surface area (Å²) in [6, 6.07) is -0.443. The molecule has 0 aromatic carbocycles. The molecule has 1 aliphatic rings. The van der Waals surface area contributed by atoms with Crippen LogP contribution in [-0.2, 0) is 0 Å². The molecular weight excluding hydrogens is 250 g/mol. The van der Waals surface area contributed by atoms with E-state index in [4.69, 9.17) is 12.0 Å². The first-order valence-corrected chi connectivity index (χ1v) is 7.14. The van der Waals surface area contributed by atoms with Crippen LogP contribution >= 0.6 is 0 Å². The van der Waals surface area contributed by atoms with Gasteiger partial charge in [-0.1, -0.05) is 36.2 Å². The highest BCUT2D eigenvalue weighted by molar-refractivity contribution is 5.23. The molecule has 1 rings (SSSR count). The van der Waals surface area contributed by atoms with Crippen LogP contribution in [-0.4, -0.2) is 16.7 Å². The number of hydrogen-bond acceptors (Lipinski definition) is 2. The Balaban J connectivity index is 2.74. The van der Waals surface area contributed by atoms with E-state index in [1.165, 1.54) is 0 Å². The third kappa shape index (κ3) is 4.45. The van der Waals surface area contributed by atoms with E-state index in [0.29, 0.717) is 19.3 Å². The van der Waals surface area contributed by atoms with Gasteiger partial charge in [0.25, 0.3) is 0 Å². The summed E-state index contributed by atoms with van der Waals surface area (Å²) in [5, 5.41) is 14.4. The second kappa shape index (κ2) is 7.79. The van der Waals surface area contributed by atoms with E-state index in [-0.39, 0.29) is 0 Å². The smallest absolute Gasteiger partial charge is 0.0988 e. The Kier molecular flexibility index (Phi) is 6.38. The molecule has 0 spiro atoms. The summed E-state index contributed by atoms with van der Waals surface area (Å²) in [4.78, 5) is 2.76. The molecule has 0 saturated carbocycles. The van der Waals surface area contributed by atoms with Crippen molar-refractivity contribution in [3.05, 3.63) is 34.2 Å². The lowest BCUT2D eigenvalue weighted by Crippen LogP contribution is -2.34. The predicted octanol–water partition coefficient (Wildman–Crippen LogP) is 4.28. The zero-order valence-electron chi connectivity index (χ0n) is 12.2. The molecule has 0 aromatic heterocycles. The summed E-state index contributed by atoms with van der Waals surface area (Å²) >= 11 is 0. The quantitative estimate of drug-likeness (QED) is 0.243. The molecule has 0 aromatic rings. The number of aliphatic hydroxyl groups is 1. The summed E-state index contributed by atoms with van der Waals surface area (Å²) in [7, 11) is 0. The lowest BCUT2D eigenvalue weighted by Gasteiger charge is -2.35. The zero-order valence-corrected chi connectivity index (χ0v) is 12.2. The topological polar surface area (TPSA) is 69.0 Å². The van der Waals surface area contributed by atoms with Gasteiger partial charge in [0.1, 0.15) is 0 Å². The van der Waals surface area contributed by atoms with E-state index in [0.717, 1.165) is 36.8 Å². The highest BCUT2D eigenvalue weighted by Crippen LogP contribution is 2.37. The standard InChI is InChI=1S/C16H23N3O/c1-4-13(3)12-16(20)11-7-6-8-14(16)9-10-15(5-2)18-19-17/h2,8,15,20H,3-4,6-7,9-12H2,1H3. The van der Waals surface area contributed by atoms with Crippen molar-refractivity contribution < 1.29 is 5.11 Å². The van der Waals surface area contributed by atoms with Crippen LogP contribution in [0.5, 0.6) is 0 Å². The molecule has 2 atom stereocenters. The van der Waals surface area contributed by atoms with Gasteiger partial charge in [-0.25, -0.2) is 0 Å². The minimum absolute atomic E-state index is 0.443. The first kappa shape index (κ1) is 16.4.